The van der Waals surface area contributed by atoms with Crippen molar-refractivity contribution in [2.75, 3.05) is 0 Å². The molecule has 3 aromatic rings. The fourth-order valence-electron chi connectivity index (χ4n) is 2.73. The van der Waals surface area contributed by atoms with Gasteiger partial charge in [0.15, 0.2) is 0 Å². The first-order chi connectivity index (χ1) is 15.9. The Labute approximate surface area is 194 Å². The highest BCUT2D eigenvalue weighted by molar-refractivity contribution is 7.86. The van der Waals surface area contributed by atoms with E-state index in [9.17, 15) is 26.4 Å². The van der Waals surface area contributed by atoms with Gasteiger partial charge in [0.05, 0.1) is 20.9 Å². The zero-order chi connectivity index (χ0) is 25.1. The number of carbonyl (C=O) groups is 2. The summed E-state index contributed by atoms with van der Waals surface area (Å²) >= 11 is 0. The van der Waals surface area contributed by atoms with E-state index < -0.39 is 32.2 Å². The standard InChI is InChI=1S/C22H16O10S2/c1-2-14-13-15(21(23)31-16-4-8-18(9-5-16)33(25,26)27)3-12-20(14)22(24)32-17-6-10-19(11-7-17)34(28,29)30/h2-13H,1H2,(H,25,26,27)(H,28,29,30). The molecule has 0 unspecified atom stereocenters. The minimum Gasteiger partial charge on any atom is -0.423 e. The van der Waals surface area contributed by atoms with Crippen LogP contribution in [0.15, 0.2) is 83.1 Å². The van der Waals surface area contributed by atoms with Gasteiger partial charge < -0.3 is 9.47 Å². The molecule has 0 aliphatic carbocycles. The number of benzene rings is 3. The Hall–Kier alpha value is -3.84. The first kappa shape index (κ1) is 24.8. The van der Waals surface area contributed by atoms with Crippen LogP contribution in [0.3, 0.4) is 0 Å². The smallest absolute Gasteiger partial charge is 0.344 e. The Kier molecular flexibility index (Phi) is 6.98. The van der Waals surface area contributed by atoms with E-state index in [0.717, 1.165) is 24.3 Å². The highest BCUT2D eigenvalue weighted by Crippen LogP contribution is 2.21. The Morgan fingerprint density at radius 1 is 0.706 bits per heavy atom. The van der Waals surface area contributed by atoms with Crippen molar-refractivity contribution in [2.24, 2.45) is 0 Å². The minimum atomic E-state index is -4.39. The van der Waals surface area contributed by atoms with E-state index in [1.165, 1.54) is 48.5 Å². The molecule has 0 spiro atoms. The molecule has 0 atom stereocenters. The van der Waals surface area contributed by atoms with E-state index >= 15 is 0 Å². The lowest BCUT2D eigenvalue weighted by atomic mass is 10.0. The van der Waals surface area contributed by atoms with Crippen LogP contribution in [-0.4, -0.2) is 37.9 Å². The van der Waals surface area contributed by atoms with Gasteiger partial charge in [0.2, 0.25) is 0 Å². The zero-order valence-electron chi connectivity index (χ0n) is 17.1. The second-order valence-corrected chi connectivity index (χ2v) is 9.52. The quantitative estimate of drug-likeness (QED) is 0.277. The molecule has 0 radical (unpaired) electrons. The molecule has 0 saturated heterocycles. The average Bonchev–Trinajstić information content (AvgIpc) is 2.78. The number of carbonyl (C=O) groups excluding carboxylic acids is 2. The summed E-state index contributed by atoms with van der Waals surface area (Å²) in [4.78, 5) is 24.2. The van der Waals surface area contributed by atoms with Gasteiger partial charge in [-0.2, -0.15) is 16.8 Å². The van der Waals surface area contributed by atoms with Crippen LogP contribution in [0.5, 0.6) is 11.5 Å². The highest BCUT2D eigenvalue weighted by atomic mass is 32.2. The number of rotatable bonds is 7. The lowest BCUT2D eigenvalue weighted by molar-refractivity contribution is 0.0720. The van der Waals surface area contributed by atoms with Gasteiger partial charge in [0, 0.05) is 0 Å². The summed E-state index contributed by atoms with van der Waals surface area (Å²) in [5.41, 5.74) is 0.362. The fourth-order valence-corrected chi connectivity index (χ4v) is 3.69. The van der Waals surface area contributed by atoms with E-state index in [2.05, 4.69) is 6.58 Å². The molecule has 2 N–H and O–H groups in total. The molecule has 0 aliphatic heterocycles. The number of hydrogen-bond donors (Lipinski definition) is 2. The Morgan fingerprint density at radius 2 is 1.15 bits per heavy atom. The van der Waals surface area contributed by atoms with E-state index in [-0.39, 0.29) is 38.0 Å². The zero-order valence-corrected chi connectivity index (χ0v) is 18.7. The maximum atomic E-state index is 12.5. The van der Waals surface area contributed by atoms with E-state index in [1.807, 2.05) is 0 Å². The summed E-state index contributed by atoms with van der Waals surface area (Å²) < 4.78 is 72.7. The van der Waals surface area contributed by atoms with Gasteiger partial charge in [-0.25, -0.2) is 9.59 Å². The van der Waals surface area contributed by atoms with Gasteiger partial charge in [0.1, 0.15) is 11.5 Å². The van der Waals surface area contributed by atoms with Crippen LogP contribution in [0.2, 0.25) is 0 Å². The van der Waals surface area contributed by atoms with Crippen LogP contribution in [0.1, 0.15) is 26.3 Å². The Bertz CT molecular complexity index is 1470. The first-order valence-corrected chi connectivity index (χ1v) is 12.1. The van der Waals surface area contributed by atoms with Gasteiger partial charge in [-0.15, -0.1) is 0 Å². The van der Waals surface area contributed by atoms with Crippen molar-refractivity contribution in [1.82, 2.24) is 0 Å². The second-order valence-electron chi connectivity index (χ2n) is 6.68. The third kappa shape index (κ3) is 5.94. The van der Waals surface area contributed by atoms with Crippen molar-refractivity contribution in [1.29, 1.82) is 0 Å². The third-order valence-corrected chi connectivity index (χ3v) is 6.13. The average molecular weight is 504 g/mol. The molecule has 3 rings (SSSR count). The van der Waals surface area contributed by atoms with Crippen LogP contribution >= 0.6 is 0 Å². The predicted octanol–water partition coefficient (Wildman–Crippen LogP) is 3.26. The van der Waals surface area contributed by atoms with Crippen LogP contribution < -0.4 is 9.47 Å². The molecule has 3 aromatic carbocycles. The van der Waals surface area contributed by atoms with Crippen molar-refractivity contribution in [3.05, 3.63) is 90.0 Å². The van der Waals surface area contributed by atoms with Crippen molar-refractivity contribution in [3.63, 3.8) is 0 Å². The van der Waals surface area contributed by atoms with Crippen molar-refractivity contribution in [3.8, 4) is 11.5 Å². The maximum absolute atomic E-state index is 12.5. The normalized spacial score (nSPS) is 11.5. The topological polar surface area (TPSA) is 161 Å². The molecule has 0 amide bonds. The molecule has 34 heavy (non-hydrogen) atoms. The van der Waals surface area contributed by atoms with E-state index in [0.29, 0.717) is 0 Å². The van der Waals surface area contributed by atoms with E-state index in [4.69, 9.17) is 18.6 Å². The fraction of sp³-hybridized carbons (Fsp3) is 0. The predicted molar refractivity (Wildman–Crippen MR) is 119 cm³/mol. The molecule has 0 fully saturated rings. The second kappa shape index (κ2) is 9.57. The molecular formula is C22H16O10S2. The molecule has 0 aromatic heterocycles. The third-order valence-electron chi connectivity index (χ3n) is 4.39. The largest absolute Gasteiger partial charge is 0.423 e. The molecule has 10 nitrogen and oxygen atoms in total. The molecule has 0 bridgehead atoms. The minimum absolute atomic E-state index is 0.0178. The molecular weight excluding hydrogens is 488 g/mol. The molecule has 0 saturated carbocycles. The van der Waals surface area contributed by atoms with Gasteiger partial charge >= 0.3 is 11.9 Å². The van der Waals surface area contributed by atoms with Gasteiger partial charge in [0.25, 0.3) is 20.2 Å². The Balaban J connectivity index is 1.76. The van der Waals surface area contributed by atoms with Crippen molar-refractivity contribution in [2.45, 2.75) is 9.79 Å². The van der Waals surface area contributed by atoms with Crippen molar-refractivity contribution >= 4 is 38.3 Å². The molecule has 0 heterocycles. The van der Waals surface area contributed by atoms with Crippen LogP contribution in [0, 0.1) is 0 Å². The van der Waals surface area contributed by atoms with Gasteiger partial charge in [-0.1, -0.05) is 12.7 Å². The molecule has 0 aliphatic rings. The summed E-state index contributed by atoms with van der Waals surface area (Å²) in [7, 11) is -8.78. The summed E-state index contributed by atoms with van der Waals surface area (Å²) in [5.74, 6) is -1.57. The van der Waals surface area contributed by atoms with Gasteiger partial charge in [-0.05, 0) is 72.3 Å². The monoisotopic (exact) mass is 504 g/mol. The lowest BCUT2D eigenvalue weighted by Crippen LogP contribution is -2.13. The number of ether oxygens (including phenoxy) is 2. The van der Waals surface area contributed by atoms with Gasteiger partial charge in [-0.3, -0.25) is 9.11 Å². The maximum Gasteiger partial charge on any atom is 0.344 e. The number of esters is 2. The molecule has 176 valence electrons. The van der Waals surface area contributed by atoms with Crippen LogP contribution in [0.4, 0.5) is 0 Å². The summed E-state index contributed by atoms with van der Waals surface area (Å²) in [5, 5.41) is 0. The Morgan fingerprint density at radius 3 is 1.56 bits per heavy atom. The van der Waals surface area contributed by atoms with Crippen LogP contribution in [0.25, 0.3) is 6.08 Å². The number of hydrogen-bond acceptors (Lipinski definition) is 8. The van der Waals surface area contributed by atoms with E-state index in [1.54, 1.807) is 0 Å². The van der Waals surface area contributed by atoms with Crippen LogP contribution in [-0.2, 0) is 20.2 Å². The highest BCUT2D eigenvalue weighted by Gasteiger charge is 2.18. The lowest BCUT2D eigenvalue weighted by Gasteiger charge is -2.10. The first-order valence-electron chi connectivity index (χ1n) is 9.24. The van der Waals surface area contributed by atoms with Crippen molar-refractivity contribution < 1.29 is 45.0 Å². The summed E-state index contributed by atoms with van der Waals surface area (Å²) in [6.07, 6.45) is 1.32. The summed E-state index contributed by atoms with van der Waals surface area (Å²) in [6, 6.07) is 13.0. The SMILES string of the molecule is C=Cc1cc(C(=O)Oc2ccc(S(=O)(=O)O)cc2)ccc1C(=O)Oc1ccc(S(=O)(=O)O)cc1. The summed E-state index contributed by atoms with van der Waals surface area (Å²) in [6.45, 7) is 3.60. The molecule has 12 heteroatoms.